The zero-order chi connectivity index (χ0) is 10.7. The van der Waals surface area contributed by atoms with Crippen LogP contribution in [0.2, 0.25) is 0 Å². The highest BCUT2D eigenvalue weighted by Crippen LogP contribution is 2.34. The highest BCUT2D eigenvalue weighted by atomic mass is 16.1. The van der Waals surface area contributed by atoms with E-state index in [9.17, 15) is 4.79 Å². The molecule has 4 unspecified atom stereocenters. The average molecular weight is 197 g/mol. The van der Waals surface area contributed by atoms with E-state index in [1.807, 2.05) is 6.92 Å². The Bertz CT molecular complexity index is 202. The molecule has 0 spiro atoms. The van der Waals surface area contributed by atoms with Gasteiger partial charge in [0.1, 0.15) is 5.78 Å². The number of hydrogen-bond acceptors (Lipinski definition) is 2. The molecule has 0 aliphatic heterocycles. The van der Waals surface area contributed by atoms with E-state index >= 15 is 0 Å². The molecule has 1 aliphatic rings. The predicted molar refractivity (Wildman–Crippen MR) is 58.9 cm³/mol. The first-order chi connectivity index (χ1) is 6.56. The SMILES string of the molecule is CC(CN)C(=O)C1CCC(C)C(C)C1. The molecule has 0 bridgehead atoms. The average Bonchev–Trinajstić information content (AvgIpc) is 2.20. The minimum absolute atomic E-state index is 0.0561. The van der Waals surface area contributed by atoms with Gasteiger partial charge in [-0.3, -0.25) is 4.79 Å². The largest absolute Gasteiger partial charge is 0.330 e. The van der Waals surface area contributed by atoms with Crippen LogP contribution in [0.1, 0.15) is 40.0 Å². The molecule has 0 heterocycles. The van der Waals surface area contributed by atoms with Gasteiger partial charge in [-0.05, 0) is 31.1 Å². The van der Waals surface area contributed by atoms with E-state index in [1.165, 1.54) is 6.42 Å². The molecule has 1 aliphatic carbocycles. The third kappa shape index (κ3) is 2.57. The van der Waals surface area contributed by atoms with Crippen LogP contribution in [0, 0.1) is 23.7 Å². The number of rotatable bonds is 3. The summed E-state index contributed by atoms with van der Waals surface area (Å²) in [7, 11) is 0. The van der Waals surface area contributed by atoms with Crippen LogP contribution in [-0.2, 0) is 4.79 Å². The molecule has 0 aromatic carbocycles. The highest BCUT2D eigenvalue weighted by Gasteiger charge is 2.30. The number of Topliss-reactive ketones (excluding diaryl/α,β-unsaturated/α-hetero) is 1. The van der Waals surface area contributed by atoms with Gasteiger partial charge in [-0.25, -0.2) is 0 Å². The van der Waals surface area contributed by atoms with Crippen LogP contribution in [0.5, 0.6) is 0 Å². The first kappa shape index (κ1) is 11.7. The molecule has 2 heteroatoms. The predicted octanol–water partition coefficient (Wildman–Crippen LogP) is 2.22. The Labute approximate surface area is 87.2 Å². The quantitative estimate of drug-likeness (QED) is 0.754. The molecular weight excluding hydrogens is 174 g/mol. The molecule has 0 radical (unpaired) electrons. The van der Waals surface area contributed by atoms with E-state index in [-0.39, 0.29) is 5.92 Å². The summed E-state index contributed by atoms with van der Waals surface area (Å²) in [5, 5.41) is 0. The number of carbonyl (C=O) groups is 1. The van der Waals surface area contributed by atoms with E-state index in [0.29, 0.717) is 24.2 Å². The van der Waals surface area contributed by atoms with Gasteiger partial charge in [-0.15, -0.1) is 0 Å². The molecule has 2 nitrogen and oxygen atoms in total. The zero-order valence-electron chi connectivity index (χ0n) is 9.62. The van der Waals surface area contributed by atoms with Crippen molar-refractivity contribution in [2.75, 3.05) is 6.54 Å². The van der Waals surface area contributed by atoms with E-state index < -0.39 is 0 Å². The van der Waals surface area contributed by atoms with Crippen molar-refractivity contribution in [2.45, 2.75) is 40.0 Å². The summed E-state index contributed by atoms with van der Waals surface area (Å²) in [4.78, 5) is 11.9. The topological polar surface area (TPSA) is 43.1 Å². The second-order valence-corrected chi connectivity index (χ2v) is 5.00. The van der Waals surface area contributed by atoms with Crippen molar-refractivity contribution in [3.05, 3.63) is 0 Å². The summed E-state index contributed by atoms with van der Waals surface area (Å²) in [5.41, 5.74) is 5.52. The molecular formula is C12H23NO. The maximum atomic E-state index is 11.9. The lowest BCUT2D eigenvalue weighted by molar-refractivity contribution is -0.127. The maximum Gasteiger partial charge on any atom is 0.140 e. The Hall–Kier alpha value is -0.370. The van der Waals surface area contributed by atoms with Gasteiger partial charge in [0.25, 0.3) is 0 Å². The van der Waals surface area contributed by atoms with Gasteiger partial charge in [0, 0.05) is 18.4 Å². The minimum Gasteiger partial charge on any atom is -0.330 e. The summed E-state index contributed by atoms with van der Waals surface area (Å²) in [5.74, 6) is 2.22. The molecule has 0 aromatic rings. The summed E-state index contributed by atoms with van der Waals surface area (Å²) in [6, 6.07) is 0. The Morgan fingerprint density at radius 1 is 1.36 bits per heavy atom. The molecule has 1 rings (SSSR count). The second kappa shape index (κ2) is 4.92. The molecule has 4 atom stereocenters. The molecule has 0 aromatic heterocycles. The van der Waals surface area contributed by atoms with Crippen molar-refractivity contribution < 1.29 is 4.79 Å². The van der Waals surface area contributed by atoms with Crippen LogP contribution in [-0.4, -0.2) is 12.3 Å². The fourth-order valence-electron chi connectivity index (χ4n) is 2.32. The number of carbonyl (C=O) groups excluding carboxylic acids is 1. The third-order valence-corrected chi connectivity index (χ3v) is 3.84. The van der Waals surface area contributed by atoms with Crippen LogP contribution in [0.15, 0.2) is 0 Å². The molecule has 1 fully saturated rings. The lowest BCUT2D eigenvalue weighted by atomic mass is 9.73. The smallest absolute Gasteiger partial charge is 0.140 e. The van der Waals surface area contributed by atoms with Gasteiger partial charge in [0.2, 0.25) is 0 Å². The molecule has 0 saturated heterocycles. The van der Waals surface area contributed by atoms with E-state index in [4.69, 9.17) is 5.73 Å². The Balaban J connectivity index is 2.50. The minimum atomic E-state index is 0.0561. The number of hydrogen-bond donors (Lipinski definition) is 1. The summed E-state index contributed by atoms with van der Waals surface area (Å²) in [6.45, 7) is 7.00. The molecule has 2 N–H and O–H groups in total. The normalized spacial score (nSPS) is 35.3. The van der Waals surface area contributed by atoms with Gasteiger partial charge in [-0.1, -0.05) is 20.8 Å². The van der Waals surface area contributed by atoms with Crippen LogP contribution >= 0.6 is 0 Å². The van der Waals surface area contributed by atoms with Crippen molar-refractivity contribution in [3.8, 4) is 0 Å². The standard InChI is InChI=1S/C12H23NO/c1-8-4-5-11(6-9(8)2)12(14)10(3)7-13/h8-11H,4-7,13H2,1-3H3. The fraction of sp³-hybridized carbons (Fsp3) is 0.917. The van der Waals surface area contributed by atoms with Gasteiger partial charge < -0.3 is 5.73 Å². The molecule has 14 heavy (non-hydrogen) atoms. The Morgan fingerprint density at radius 2 is 2.00 bits per heavy atom. The van der Waals surface area contributed by atoms with Crippen molar-refractivity contribution in [2.24, 2.45) is 29.4 Å². The van der Waals surface area contributed by atoms with Gasteiger partial charge in [0.05, 0.1) is 0 Å². The lowest BCUT2D eigenvalue weighted by Crippen LogP contribution is -2.32. The Morgan fingerprint density at radius 3 is 2.50 bits per heavy atom. The van der Waals surface area contributed by atoms with E-state index in [0.717, 1.165) is 18.8 Å². The van der Waals surface area contributed by atoms with Crippen LogP contribution in [0.3, 0.4) is 0 Å². The first-order valence-corrected chi connectivity index (χ1v) is 5.80. The zero-order valence-corrected chi connectivity index (χ0v) is 9.62. The fourth-order valence-corrected chi connectivity index (χ4v) is 2.32. The van der Waals surface area contributed by atoms with E-state index in [1.54, 1.807) is 0 Å². The van der Waals surface area contributed by atoms with Crippen molar-refractivity contribution in [1.29, 1.82) is 0 Å². The van der Waals surface area contributed by atoms with Gasteiger partial charge in [0.15, 0.2) is 0 Å². The highest BCUT2D eigenvalue weighted by molar-refractivity contribution is 5.83. The van der Waals surface area contributed by atoms with Crippen LogP contribution < -0.4 is 5.73 Å². The van der Waals surface area contributed by atoms with Crippen LogP contribution in [0.25, 0.3) is 0 Å². The molecule has 82 valence electrons. The first-order valence-electron chi connectivity index (χ1n) is 5.80. The summed E-state index contributed by atoms with van der Waals surface area (Å²) >= 11 is 0. The maximum absolute atomic E-state index is 11.9. The lowest BCUT2D eigenvalue weighted by Gasteiger charge is -2.32. The third-order valence-electron chi connectivity index (χ3n) is 3.84. The van der Waals surface area contributed by atoms with Crippen molar-refractivity contribution >= 4 is 5.78 Å². The molecule has 0 amide bonds. The summed E-state index contributed by atoms with van der Waals surface area (Å²) < 4.78 is 0. The second-order valence-electron chi connectivity index (χ2n) is 5.00. The van der Waals surface area contributed by atoms with E-state index in [2.05, 4.69) is 13.8 Å². The molecule has 1 saturated carbocycles. The summed E-state index contributed by atoms with van der Waals surface area (Å²) in [6.07, 6.45) is 3.36. The van der Waals surface area contributed by atoms with Crippen LogP contribution in [0.4, 0.5) is 0 Å². The van der Waals surface area contributed by atoms with Gasteiger partial charge >= 0.3 is 0 Å². The monoisotopic (exact) mass is 197 g/mol. The van der Waals surface area contributed by atoms with Crippen molar-refractivity contribution in [1.82, 2.24) is 0 Å². The van der Waals surface area contributed by atoms with Crippen molar-refractivity contribution in [3.63, 3.8) is 0 Å². The van der Waals surface area contributed by atoms with Gasteiger partial charge in [-0.2, -0.15) is 0 Å². The number of ketones is 1. The Kier molecular flexibility index (Phi) is 4.11. The number of nitrogens with two attached hydrogens (primary N) is 1.